The van der Waals surface area contributed by atoms with Crippen LogP contribution in [0.3, 0.4) is 0 Å². The second-order valence-corrected chi connectivity index (χ2v) is 14.8. The second kappa shape index (κ2) is 16.7. The Morgan fingerprint density at radius 2 is 1.46 bits per heavy atom. The summed E-state index contributed by atoms with van der Waals surface area (Å²) >= 11 is 0. The van der Waals surface area contributed by atoms with Crippen molar-refractivity contribution in [2.75, 3.05) is 25.1 Å². The van der Waals surface area contributed by atoms with E-state index in [9.17, 15) is 18.0 Å². The Morgan fingerprint density at radius 1 is 0.780 bits per heavy atom. The van der Waals surface area contributed by atoms with Crippen molar-refractivity contribution in [2.24, 2.45) is 0 Å². The van der Waals surface area contributed by atoms with E-state index in [1.54, 1.807) is 29.2 Å². The molecule has 50 heavy (non-hydrogen) atoms. The number of benzene rings is 4. The summed E-state index contributed by atoms with van der Waals surface area (Å²) in [6.45, 7) is 3.47. The van der Waals surface area contributed by atoms with Gasteiger partial charge in [0.25, 0.3) is 10.0 Å². The third-order valence-electron chi connectivity index (χ3n) is 9.20. The highest BCUT2D eigenvalue weighted by Crippen LogP contribution is 2.33. The average molecular weight is 698 g/mol. The highest BCUT2D eigenvalue weighted by molar-refractivity contribution is 7.92. The minimum Gasteiger partial charge on any atom is -0.493 e. The van der Waals surface area contributed by atoms with Crippen LogP contribution in [-0.2, 0) is 32.6 Å². The van der Waals surface area contributed by atoms with Gasteiger partial charge in [-0.1, -0.05) is 97.1 Å². The number of carbonyl (C=O) groups is 2. The number of carbonyl (C=O) groups excluding carboxylic acids is 2. The first-order valence-corrected chi connectivity index (χ1v) is 18.5. The molecular formula is C40H47N3O6S. The molecule has 0 radical (unpaired) electrons. The van der Waals surface area contributed by atoms with Crippen molar-refractivity contribution in [2.45, 2.75) is 75.9 Å². The first-order chi connectivity index (χ1) is 24.1. The van der Waals surface area contributed by atoms with E-state index in [0.29, 0.717) is 11.4 Å². The molecule has 10 heteroatoms. The molecule has 1 N–H and O–H groups in total. The maximum absolute atomic E-state index is 14.8. The van der Waals surface area contributed by atoms with Gasteiger partial charge in [-0.25, -0.2) is 8.42 Å². The summed E-state index contributed by atoms with van der Waals surface area (Å²) in [5, 5.41) is 3.25. The molecule has 9 nitrogen and oxygen atoms in total. The van der Waals surface area contributed by atoms with Crippen LogP contribution in [0.25, 0.3) is 0 Å². The number of nitrogens with one attached hydrogen (secondary N) is 1. The van der Waals surface area contributed by atoms with Gasteiger partial charge in [0.15, 0.2) is 11.5 Å². The first-order valence-electron chi connectivity index (χ1n) is 17.1. The number of hydrogen-bond donors (Lipinski definition) is 1. The van der Waals surface area contributed by atoms with Gasteiger partial charge in [-0.3, -0.25) is 13.9 Å². The van der Waals surface area contributed by atoms with Crippen LogP contribution >= 0.6 is 0 Å². The fourth-order valence-electron chi connectivity index (χ4n) is 6.45. The van der Waals surface area contributed by atoms with Crippen molar-refractivity contribution in [1.82, 2.24) is 10.2 Å². The normalized spacial score (nSPS) is 14.0. The van der Waals surface area contributed by atoms with E-state index in [-0.39, 0.29) is 35.6 Å². The zero-order chi connectivity index (χ0) is 35.7. The predicted molar refractivity (Wildman–Crippen MR) is 196 cm³/mol. The fourth-order valence-corrected chi connectivity index (χ4v) is 7.88. The Hall–Kier alpha value is -4.83. The molecular weight excluding hydrogens is 651 g/mol. The molecule has 0 bridgehead atoms. The van der Waals surface area contributed by atoms with Gasteiger partial charge >= 0.3 is 0 Å². The Morgan fingerprint density at radius 3 is 2.12 bits per heavy atom. The minimum absolute atomic E-state index is 0.0277. The zero-order valence-corrected chi connectivity index (χ0v) is 30.1. The standard InChI is InChI=1S/C40H47N3O6S/c1-29-18-20-34(21-19-29)43(50(46,47)35-22-23-37(48-3)38(26-35)49-4)28-39(44)42(27-32-15-11-12-30(2)24-32)36(25-31-13-7-5-8-14-31)40(45)41-33-16-9-6-10-17-33/h5,7-8,11-15,18-24,26,33,36H,6,9-10,16-17,25,27-28H2,1-4H3,(H,41,45). The lowest BCUT2D eigenvalue weighted by molar-refractivity contribution is -0.140. The van der Waals surface area contributed by atoms with Crippen LogP contribution in [0.1, 0.15) is 54.4 Å². The Bertz CT molecular complexity index is 1860. The number of aryl methyl sites for hydroxylation is 2. The number of rotatable bonds is 14. The van der Waals surface area contributed by atoms with Gasteiger partial charge in [-0.15, -0.1) is 0 Å². The number of ether oxygens (including phenoxy) is 2. The van der Waals surface area contributed by atoms with Gasteiger partial charge in [0, 0.05) is 25.1 Å². The van der Waals surface area contributed by atoms with Crippen molar-refractivity contribution in [3.8, 4) is 11.5 Å². The van der Waals surface area contributed by atoms with E-state index >= 15 is 0 Å². The molecule has 1 saturated carbocycles. The molecule has 4 aromatic rings. The highest BCUT2D eigenvalue weighted by atomic mass is 32.2. The van der Waals surface area contributed by atoms with Gasteiger partial charge in [0.1, 0.15) is 12.6 Å². The molecule has 5 rings (SSSR count). The molecule has 264 valence electrons. The van der Waals surface area contributed by atoms with Crippen molar-refractivity contribution in [1.29, 1.82) is 0 Å². The highest BCUT2D eigenvalue weighted by Gasteiger charge is 2.35. The van der Waals surface area contributed by atoms with Gasteiger partial charge in [0.05, 0.1) is 24.8 Å². The molecule has 0 aromatic heterocycles. The molecule has 1 atom stereocenters. The molecule has 1 unspecified atom stereocenters. The largest absolute Gasteiger partial charge is 0.493 e. The van der Waals surface area contributed by atoms with Gasteiger partial charge in [0.2, 0.25) is 11.8 Å². The van der Waals surface area contributed by atoms with E-state index in [1.807, 2.05) is 68.4 Å². The minimum atomic E-state index is -4.31. The van der Waals surface area contributed by atoms with Gasteiger partial charge < -0.3 is 19.7 Å². The lowest BCUT2D eigenvalue weighted by atomic mass is 9.94. The third-order valence-corrected chi connectivity index (χ3v) is 11.0. The fraction of sp³-hybridized carbons (Fsp3) is 0.350. The quantitative estimate of drug-likeness (QED) is 0.159. The summed E-state index contributed by atoms with van der Waals surface area (Å²) in [5.74, 6) is -0.129. The first kappa shape index (κ1) is 36.5. The molecule has 1 aliphatic carbocycles. The maximum atomic E-state index is 14.8. The second-order valence-electron chi connectivity index (χ2n) is 12.9. The summed E-state index contributed by atoms with van der Waals surface area (Å²) in [4.78, 5) is 30.6. The average Bonchev–Trinajstić information content (AvgIpc) is 3.12. The Balaban J connectivity index is 1.58. The number of anilines is 1. The van der Waals surface area contributed by atoms with Crippen molar-refractivity contribution >= 4 is 27.5 Å². The number of amides is 2. The Kier molecular flexibility index (Phi) is 12.2. The van der Waals surface area contributed by atoms with E-state index < -0.39 is 28.5 Å². The van der Waals surface area contributed by atoms with Crippen LogP contribution in [0.4, 0.5) is 5.69 Å². The third kappa shape index (κ3) is 9.04. The number of methoxy groups -OCH3 is 2. The van der Waals surface area contributed by atoms with Crippen molar-refractivity contribution < 1.29 is 27.5 Å². The zero-order valence-electron chi connectivity index (χ0n) is 29.3. The molecule has 1 fully saturated rings. The van der Waals surface area contributed by atoms with Crippen LogP contribution in [-0.4, -0.2) is 58.0 Å². The molecule has 1 aliphatic rings. The predicted octanol–water partition coefficient (Wildman–Crippen LogP) is 6.60. The number of hydrogen-bond acceptors (Lipinski definition) is 6. The Labute approximate surface area is 296 Å². The lowest BCUT2D eigenvalue weighted by Crippen LogP contribution is -2.55. The SMILES string of the molecule is COc1ccc(S(=O)(=O)N(CC(=O)N(Cc2cccc(C)c2)C(Cc2ccccc2)C(=O)NC2CCCCC2)c2ccc(C)cc2)cc1OC. The van der Waals surface area contributed by atoms with Crippen LogP contribution in [0.15, 0.2) is 102 Å². The van der Waals surface area contributed by atoms with Crippen LogP contribution in [0.2, 0.25) is 0 Å². The number of nitrogens with zero attached hydrogens (tertiary/aromatic N) is 2. The number of sulfonamides is 1. The molecule has 0 aliphatic heterocycles. The van der Waals surface area contributed by atoms with Crippen molar-refractivity contribution in [3.63, 3.8) is 0 Å². The van der Waals surface area contributed by atoms with Gasteiger partial charge in [-0.2, -0.15) is 0 Å². The summed E-state index contributed by atoms with van der Waals surface area (Å²) < 4.78 is 40.8. The van der Waals surface area contributed by atoms with Crippen LogP contribution < -0.4 is 19.1 Å². The van der Waals surface area contributed by atoms with Crippen LogP contribution in [0, 0.1) is 13.8 Å². The maximum Gasteiger partial charge on any atom is 0.264 e. The lowest BCUT2D eigenvalue weighted by Gasteiger charge is -2.35. The van der Waals surface area contributed by atoms with Gasteiger partial charge in [-0.05, 0) is 62.1 Å². The molecule has 0 saturated heterocycles. The summed E-state index contributed by atoms with van der Waals surface area (Å²) in [6.07, 6.45) is 5.27. The van der Waals surface area contributed by atoms with E-state index in [2.05, 4.69) is 5.32 Å². The van der Waals surface area contributed by atoms with Crippen LogP contribution in [0.5, 0.6) is 11.5 Å². The topological polar surface area (TPSA) is 105 Å². The molecule has 0 spiro atoms. The smallest absolute Gasteiger partial charge is 0.264 e. The molecule has 0 heterocycles. The summed E-state index contributed by atoms with van der Waals surface area (Å²) in [6, 6.07) is 27.9. The molecule has 2 amide bonds. The van der Waals surface area contributed by atoms with E-state index in [0.717, 1.165) is 58.7 Å². The van der Waals surface area contributed by atoms with Crippen molar-refractivity contribution in [3.05, 3.63) is 119 Å². The van der Waals surface area contributed by atoms with E-state index in [4.69, 9.17) is 9.47 Å². The molecule has 4 aromatic carbocycles. The van der Waals surface area contributed by atoms with E-state index in [1.165, 1.54) is 32.4 Å². The summed E-state index contributed by atoms with van der Waals surface area (Å²) in [5.41, 5.74) is 4.00. The summed E-state index contributed by atoms with van der Waals surface area (Å²) in [7, 11) is -1.40. The monoisotopic (exact) mass is 697 g/mol.